The summed E-state index contributed by atoms with van der Waals surface area (Å²) in [6.45, 7) is 1.86. The summed E-state index contributed by atoms with van der Waals surface area (Å²) < 4.78 is 19.0. The second-order valence-corrected chi connectivity index (χ2v) is 4.40. The van der Waals surface area contributed by atoms with Gasteiger partial charge in [0.25, 0.3) is 0 Å². The van der Waals surface area contributed by atoms with Gasteiger partial charge in [0.1, 0.15) is 5.75 Å². The number of nitrogens with zero attached hydrogens (tertiary/aromatic N) is 1. The third-order valence-electron chi connectivity index (χ3n) is 2.63. The van der Waals surface area contributed by atoms with Crippen molar-refractivity contribution < 1.29 is 14.2 Å². The lowest BCUT2D eigenvalue weighted by Gasteiger charge is -2.09. The maximum Gasteiger partial charge on any atom is 0.184 e. The topological polar surface area (TPSA) is 42.4 Å². The van der Waals surface area contributed by atoms with Crippen LogP contribution in [0.15, 0.2) is 36.5 Å². The predicted octanol–water partition coefficient (Wildman–Crippen LogP) is 4.11. The van der Waals surface area contributed by atoms with Gasteiger partial charge in [-0.05, 0) is 30.7 Å². The van der Waals surface area contributed by atoms with E-state index >= 15 is 0 Å². The highest BCUT2D eigenvalue weighted by Crippen LogP contribution is 2.28. The first-order valence-corrected chi connectivity index (χ1v) is 6.25. The van der Waals surface area contributed by atoms with Gasteiger partial charge in [-0.2, -0.15) is 0 Å². The van der Waals surface area contributed by atoms with Gasteiger partial charge in [-0.3, -0.25) is 4.98 Å². The summed E-state index contributed by atoms with van der Waals surface area (Å²) in [4.78, 5) is 4.07. The summed E-state index contributed by atoms with van der Waals surface area (Å²) in [5.41, 5.74) is 0.557. The van der Waals surface area contributed by atoms with Gasteiger partial charge in [0, 0.05) is 0 Å². The number of hydrogen-bond donors (Lipinski definition) is 1. The molecular weight excluding hydrogens is 269 g/mol. The molecule has 100 valence electrons. The zero-order valence-corrected chi connectivity index (χ0v) is 11.1. The van der Waals surface area contributed by atoms with Crippen molar-refractivity contribution in [2.45, 2.75) is 19.4 Å². The molecule has 2 rings (SSSR count). The summed E-state index contributed by atoms with van der Waals surface area (Å²) in [5.74, 6) is -0.187. The van der Waals surface area contributed by atoms with Crippen molar-refractivity contribution in [2.75, 3.05) is 0 Å². The normalized spacial score (nSPS) is 12.2. The Morgan fingerprint density at radius 1 is 1.37 bits per heavy atom. The number of hydrogen-bond acceptors (Lipinski definition) is 3. The van der Waals surface area contributed by atoms with E-state index in [0.29, 0.717) is 17.9 Å². The van der Waals surface area contributed by atoms with Crippen LogP contribution in [0.3, 0.4) is 0 Å². The average molecular weight is 282 g/mol. The molecule has 0 aliphatic rings. The van der Waals surface area contributed by atoms with Gasteiger partial charge in [-0.25, -0.2) is 4.39 Å². The molecule has 0 aliphatic heterocycles. The molecule has 0 saturated carbocycles. The zero-order valence-electron chi connectivity index (χ0n) is 10.3. The molecule has 0 radical (unpaired) electrons. The van der Waals surface area contributed by atoms with E-state index in [1.54, 1.807) is 18.2 Å². The van der Waals surface area contributed by atoms with Crippen LogP contribution in [0, 0.1) is 5.82 Å². The van der Waals surface area contributed by atoms with E-state index in [2.05, 4.69) is 4.98 Å². The number of benzene rings is 1. The average Bonchev–Trinajstić information content (AvgIpc) is 2.44. The third kappa shape index (κ3) is 3.22. The Bertz CT molecular complexity index is 560. The quantitative estimate of drug-likeness (QED) is 0.917. The van der Waals surface area contributed by atoms with E-state index in [1.807, 2.05) is 6.92 Å². The molecule has 0 fully saturated rings. The van der Waals surface area contributed by atoms with Crippen molar-refractivity contribution in [3.8, 4) is 11.5 Å². The molecule has 1 heterocycles. The minimum atomic E-state index is -0.609. The largest absolute Gasteiger partial charge is 0.453 e. The van der Waals surface area contributed by atoms with Crippen LogP contribution < -0.4 is 4.74 Å². The summed E-state index contributed by atoms with van der Waals surface area (Å²) in [6.07, 6.45) is 1.42. The van der Waals surface area contributed by atoms with Gasteiger partial charge in [0.15, 0.2) is 11.6 Å². The van der Waals surface area contributed by atoms with Gasteiger partial charge >= 0.3 is 0 Å². The van der Waals surface area contributed by atoms with Crippen molar-refractivity contribution in [3.05, 3.63) is 53.1 Å². The molecule has 1 atom stereocenters. The first-order valence-electron chi connectivity index (χ1n) is 5.87. The molecule has 2 aromatic rings. The van der Waals surface area contributed by atoms with E-state index in [1.165, 1.54) is 18.3 Å². The lowest BCUT2D eigenvalue weighted by atomic mass is 10.2. The molecule has 0 bridgehead atoms. The smallest absolute Gasteiger partial charge is 0.184 e. The van der Waals surface area contributed by atoms with Crippen LogP contribution in [0.4, 0.5) is 4.39 Å². The molecule has 3 nitrogen and oxygen atoms in total. The second-order valence-electron chi connectivity index (χ2n) is 4.00. The molecule has 0 unspecified atom stereocenters. The number of aromatic nitrogens is 1. The SMILES string of the molecule is CC[C@@H](O)c1ccc(Oc2cccc(Cl)c2F)cn1. The number of halogens is 2. The molecular formula is C14H13ClFNO2. The highest BCUT2D eigenvalue weighted by atomic mass is 35.5. The Hall–Kier alpha value is -1.65. The first-order chi connectivity index (χ1) is 9.11. The molecule has 1 aromatic heterocycles. The van der Waals surface area contributed by atoms with Gasteiger partial charge in [-0.15, -0.1) is 0 Å². The monoisotopic (exact) mass is 281 g/mol. The zero-order chi connectivity index (χ0) is 13.8. The fraction of sp³-hybridized carbons (Fsp3) is 0.214. The minimum Gasteiger partial charge on any atom is -0.453 e. The fourth-order valence-corrected chi connectivity index (χ4v) is 1.71. The predicted molar refractivity (Wildman–Crippen MR) is 71.0 cm³/mol. The summed E-state index contributed by atoms with van der Waals surface area (Å²) >= 11 is 5.66. The van der Waals surface area contributed by atoms with Gasteiger partial charge in [0.2, 0.25) is 0 Å². The summed E-state index contributed by atoms with van der Waals surface area (Å²) in [7, 11) is 0. The van der Waals surface area contributed by atoms with E-state index in [9.17, 15) is 9.50 Å². The number of aliphatic hydroxyl groups is 1. The Kier molecular flexibility index (Phi) is 4.35. The molecule has 1 aromatic carbocycles. The molecule has 19 heavy (non-hydrogen) atoms. The Morgan fingerprint density at radius 3 is 2.79 bits per heavy atom. The van der Waals surface area contributed by atoms with Gasteiger partial charge in [0.05, 0.1) is 23.0 Å². The lowest BCUT2D eigenvalue weighted by molar-refractivity contribution is 0.169. The van der Waals surface area contributed by atoms with E-state index in [4.69, 9.17) is 16.3 Å². The number of ether oxygens (including phenoxy) is 1. The first kappa shape index (κ1) is 13.8. The minimum absolute atomic E-state index is 0.00323. The highest BCUT2D eigenvalue weighted by molar-refractivity contribution is 6.30. The van der Waals surface area contributed by atoms with Crippen LogP contribution in [0.25, 0.3) is 0 Å². The van der Waals surface area contributed by atoms with Crippen LogP contribution in [-0.4, -0.2) is 10.1 Å². The van der Waals surface area contributed by atoms with Crippen molar-refractivity contribution >= 4 is 11.6 Å². The van der Waals surface area contributed by atoms with Gasteiger partial charge < -0.3 is 9.84 Å². The highest BCUT2D eigenvalue weighted by Gasteiger charge is 2.10. The van der Waals surface area contributed by atoms with Crippen LogP contribution in [-0.2, 0) is 0 Å². The summed E-state index contributed by atoms with van der Waals surface area (Å²) in [5, 5.41) is 9.61. The Labute approximate surface area is 115 Å². The molecule has 0 aliphatic carbocycles. The number of aliphatic hydroxyl groups excluding tert-OH is 1. The molecule has 0 spiro atoms. The maximum absolute atomic E-state index is 13.6. The molecule has 0 amide bonds. The van der Waals surface area contributed by atoms with Crippen molar-refractivity contribution in [2.24, 2.45) is 0 Å². The van der Waals surface area contributed by atoms with E-state index in [0.717, 1.165) is 0 Å². The second kappa shape index (κ2) is 5.99. The molecule has 5 heteroatoms. The van der Waals surface area contributed by atoms with Crippen molar-refractivity contribution in [1.29, 1.82) is 0 Å². The number of rotatable bonds is 4. The fourth-order valence-electron chi connectivity index (χ4n) is 1.55. The standard InChI is InChI=1S/C14H13ClFNO2/c1-2-12(18)11-7-6-9(8-17-11)19-13-5-3-4-10(15)14(13)16/h3-8,12,18H,2H2,1H3/t12-/m1/s1. The third-order valence-corrected chi connectivity index (χ3v) is 2.92. The number of pyridine rings is 1. The van der Waals surface area contributed by atoms with Crippen molar-refractivity contribution in [3.63, 3.8) is 0 Å². The Balaban J connectivity index is 2.18. The molecule has 1 N–H and O–H groups in total. The van der Waals surface area contributed by atoms with Gasteiger partial charge in [-0.1, -0.05) is 24.6 Å². The maximum atomic E-state index is 13.6. The Morgan fingerprint density at radius 2 is 2.16 bits per heavy atom. The van der Waals surface area contributed by atoms with E-state index in [-0.39, 0.29) is 10.8 Å². The van der Waals surface area contributed by atoms with Crippen LogP contribution in [0.1, 0.15) is 25.1 Å². The van der Waals surface area contributed by atoms with Crippen LogP contribution >= 0.6 is 11.6 Å². The van der Waals surface area contributed by atoms with Crippen molar-refractivity contribution in [1.82, 2.24) is 4.98 Å². The summed E-state index contributed by atoms with van der Waals surface area (Å²) in [6, 6.07) is 7.80. The van der Waals surface area contributed by atoms with Crippen LogP contribution in [0.2, 0.25) is 5.02 Å². The molecule has 0 saturated heterocycles. The van der Waals surface area contributed by atoms with Crippen LogP contribution in [0.5, 0.6) is 11.5 Å². The lowest BCUT2D eigenvalue weighted by Crippen LogP contribution is -1.98. The van der Waals surface area contributed by atoms with E-state index < -0.39 is 11.9 Å².